The minimum atomic E-state index is -0.649. The van der Waals surface area contributed by atoms with Crippen molar-refractivity contribution in [2.45, 2.75) is 44.4 Å². The van der Waals surface area contributed by atoms with Gasteiger partial charge < -0.3 is 9.84 Å². The van der Waals surface area contributed by atoms with Crippen molar-refractivity contribution in [1.82, 2.24) is 24.9 Å². The van der Waals surface area contributed by atoms with Crippen LogP contribution in [0.3, 0.4) is 0 Å². The van der Waals surface area contributed by atoms with E-state index in [4.69, 9.17) is 10.5 Å². The molecule has 1 saturated carbocycles. The van der Waals surface area contributed by atoms with Gasteiger partial charge in [0.25, 0.3) is 0 Å². The molecule has 38 heavy (non-hydrogen) atoms. The number of nitrogens with two attached hydrogens (primary N) is 1. The van der Waals surface area contributed by atoms with Crippen molar-refractivity contribution in [3.63, 3.8) is 0 Å². The fourth-order valence-electron chi connectivity index (χ4n) is 5.82. The first-order valence-electron chi connectivity index (χ1n) is 13.4. The topological polar surface area (TPSA) is 110 Å². The van der Waals surface area contributed by atoms with Crippen LogP contribution in [0, 0.1) is 0 Å². The first-order chi connectivity index (χ1) is 18.6. The molecule has 11 heteroatoms. The van der Waals surface area contributed by atoms with Crippen LogP contribution in [0.25, 0.3) is 10.9 Å². The van der Waals surface area contributed by atoms with Crippen LogP contribution >= 0.6 is 0 Å². The molecule has 1 aliphatic carbocycles. The molecule has 3 aliphatic rings. The number of hydrogen-bond donors (Lipinski definition) is 2. The summed E-state index contributed by atoms with van der Waals surface area (Å²) in [5.41, 5.74) is 8.43. The summed E-state index contributed by atoms with van der Waals surface area (Å²) in [6.45, 7) is 3.85. The Morgan fingerprint density at radius 2 is 1.76 bits per heavy atom. The highest BCUT2D eigenvalue weighted by molar-refractivity contribution is 5.92. The average Bonchev–Trinajstić information content (AvgIpc) is 3.34. The number of anilines is 2. The summed E-state index contributed by atoms with van der Waals surface area (Å²) in [5, 5.41) is 23.7. The Morgan fingerprint density at radius 3 is 2.50 bits per heavy atom. The summed E-state index contributed by atoms with van der Waals surface area (Å²) in [6.07, 6.45) is 9.25. The van der Waals surface area contributed by atoms with Crippen LogP contribution in [-0.4, -0.2) is 82.0 Å². The van der Waals surface area contributed by atoms with Gasteiger partial charge in [0.2, 0.25) is 0 Å². The van der Waals surface area contributed by atoms with Crippen molar-refractivity contribution < 1.29 is 9.84 Å². The molecule has 2 aliphatic heterocycles. The Hall–Kier alpha value is -3.67. The lowest BCUT2D eigenvalue weighted by atomic mass is 9.94. The molecule has 0 radical (unpaired) electrons. The maximum atomic E-state index is 10.2. The second-order valence-electron chi connectivity index (χ2n) is 10.0. The summed E-state index contributed by atoms with van der Waals surface area (Å²) < 4.78 is 5.32. The first kappa shape index (κ1) is 24.7. The normalized spacial score (nSPS) is 21.4. The standard InChI is InChI=1S/C27H35N9O2/c1-38-25-16-22-23(17-24(25)37)29-18-30-26(22)35-27(28)34(19-31-35)36(21-10-6-3-7-11-21)33-14-12-32(13-15-33)20-8-4-2-5-9-20/h3,6-7,10-11,16-20,27,37H,2,4-5,8-9,12-15,28H2,1H3. The largest absolute Gasteiger partial charge is 0.504 e. The minimum Gasteiger partial charge on any atom is -0.504 e. The molecule has 11 nitrogen and oxygen atoms in total. The number of benzene rings is 2. The number of para-hydroxylation sites is 1. The van der Waals surface area contributed by atoms with Crippen LogP contribution in [0.2, 0.25) is 0 Å². The number of hydrazone groups is 1. The predicted molar refractivity (Wildman–Crippen MR) is 147 cm³/mol. The Bertz CT molecular complexity index is 1280. The maximum Gasteiger partial charge on any atom is 0.198 e. The molecular formula is C27H35N9O2. The second kappa shape index (κ2) is 10.6. The third kappa shape index (κ3) is 4.57. The Kier molecular flexibility index (Phi) is 6.88. The van der Waals surface area contributed by atoms with E-state index in [0.29, 0.717) is 28.5 Å². The van der Waals surface area contributed by atoms with E-state index in [-0.39, 0.29) is 5.75 Å². The highest BCUT2D eigenvalue weighted by Gasteiger charge is 2.37. The van der Waals surface area contributed by atoms with Gasteiger partial charge in [-0.1, -0.05) is 37.5 Å². The van der Waals surface area contributed by atoms with Gasteiger partial charge in [0.1, 0.15) is 12.7 Å². The number of aromatic hydroxyl groups is 1. The number of nitrogens with zero attached hydrogens (tertiary/aromatic N) is 8. The summed E-state index contributed by atoms with van der Waals surface area (Å²) in [7, 11) is 1.51. The molecule has 1 saturated heterocycles. The molecule has 1 atom stereocenters. The number of aromatic nitrogens is 2. The molecule has 2 fully saturated rings. The van der Waals surface area contributed by atoms with Crippen molar-refractivity contribution in [3.8, 4) is 11.5 Å². The van der Waals surface area contributed by atoms with Crippen LogP contribution < -0.4 is 20.6 Å². The Labute approximate surface area is 222 Å². The predicted octanol–water partition coefficient (Wildman–Crippen LogP) is 2.94. The molecule has 0 spiro atoms. The lowest BCUT2D eigenvalue weighted by molar-refractivity contribution is 0.0408. The van der Waals surface area contributed by atoms with Crippen molar-refractivity contribution in [1.29, 1.82) is 0 Å². The fourth-order valence-corrected chi connectivity index (χ4v) is 5.82. The van der Waals surface area contributed by atoms with E-state index in [2.05, 4.69) is 42.2 Å². The third-order valence-corrected chi connectivity index (χ3v) is 7.80. The number of hydrogen-bond acceptors (Lipinski definition) is 11. The van der Waals surface area contributed by atoms with Crippen LogP contribution in [0.15, 0.2) is 53.9 Å². The smallest absolute Gasteiger partial charge is 0.198 e. The number of piperazine rings is 1. The molecule has 3 N–H and O–H groups in total. The molecule has 3 heterocycles. The lowest BCUT2D eigenvalue weighted by Crippen LogP contribution is -2.64. The molecule has 2 aromatic carbocycles. The number of phenols is 1. The van der Waals surface area contributed by atoms with E-state index in [9.17, 15) is 5.11 Å². The highest BCUT2D eigenvalue weighted by Crippen LogP contribution is 2.36. The molecule has 3 aromatic rings. The zero-order chi connectivity index (χ0) is 26.1. The molecule has 0 amide bonds. The van der Waals surface area contributed by atoms with Gasteiger partial charge in [0.15, 0.2) is 23.6 Å². The lowest BCUT2D eigenvalue weighted by Gasteiger charge is -2.48. The van der Waals surface area contributed by atoms with Gasteiger partial charge >= 0.3 is 0 Å². The summed E-state index contributed by atoms with van der Waals surface area (Å²) in [6, 6.07) is 14.2. The van der Waals surface area contributed by atoms with Gasteiger partial charge in [-0.05, 0) is 31.0 Å². The van der Waals surface area contributed by atoms with Gasteiger partial charge in [-0.2, -0.15) is 10.1 Å². The summed E-state index contributed by atoms with van der Waals surface area (Å²) >= 11 is 0. The quantitative estimate of drug-likeness (QED) is 0.506. The van der Waals surface area contributed by atoms with Crippen molar-refractivity contribution in [2.75, 3.05) is 43.4 Å². The van der Waals surface area contributed by atoms with Crippen molar-refractivity contribution in [3.05, 3.63) is 48.8 Å². The van der Waals surface area contributed by atoms with E-state index in [0.717, 1.165) is 31.9 Å². The van der Waals surface area contributed by atoms with Gasteiger partial charge in [0.05, 0.1) is 18.3 Å². The van der Waals surface area contributed by atoms with Crippen LogP contribution in [0.1, 0.15) is 32.1 Å². The molecular weight excluding hydrogens is 482 g/mol. The van der Waals surface area contributed by atoms with Crippen LogP contribution in [0.4, 0.5) is 11.5 Å². The fraction of sp³-hybridized carbons (Fsp3) is 0.444. The number of phenolic OH excluding ortho intramolecular Hbond substituents is 1. The molecule has 1 unspecified atom stereocenters. The maximum absolute atomic E-state index is 10.2. The number of methoxy groups -OCH3 is 1. The van der Waals surface area contributed by atoms with Crippen LogP contribution in [-0.2, 0) is 0 Å². The number of hydrazine groups is 2. The van der Waals surface area contributed by atoms with E-state index in [1.807, 2.05) is 23.2 Å². The third-order valence-electron chi connectivity index (χ3n) is 7.80. The van der Waals surface area contributed by atoms with E-state index in [1.54, 1.807) is 23.5 Å². The Balaban J connectivity index is 1.27. The van der Waals surface area contributed by atoms with Gasteiger partial charge in [-0.25, -0.2) is 25.1 Å². The zero-order valence-electron chi connectivity index (χ0n) is 21.7. The molecule has 1 aromatic heterocycles. The first-order valence-corrected chi connectivity index (χ1v) is 13.4. The zero-order valence-corrected chi connectivity index (χ0v) is 21.7. The highest BCUT2D eigenvalue weighted by atomic mass is 16.5. The summed E-state index contributed by atoms with van der Waals surface area (Å²) in [5.74, 6) is 0.890. The number of ether oxygens (including phenoxy) is 1. The van der Waals surface area contributed by atoms with E-state index in [1.165, 1.54) is 45.5 Å². The van der Waals surface area contributed by atoms with Gasteiger partial charge in [0, 0.05) is 43.7 Å². The SMILES string of the molecule is COc1cc2c(N3N=CN(N(c4ccccc4)N4CCN(C5CCCCC5)CC4)C3N)ncnc2cc1O. The van der Waals surface area contributed by atoms with Gasteiger partial charge in [-0.15, -0.1) is 0 Å². The van der Waals surface area contributed by atoms with E-state index >= 15 is 0 Å². The molecule has 6 rings (SSSR count). The molecule has 0 bridgehead atoms. The second-order valence-corrected chi connectivity index (χ2v) is 10.0. The van der Waals surface area contributed by atoms with Crippen molar-refractivity contribution in [2.24, 2.45) is 10.8 Å². The van der Waals surface area contributed by atoms with E-state index < -0.39 is 6.29 Å². The minimum absolute atomic E-state index is 0.0168. The monoisotopic (exact) mass is 517 g/mol. The number of rotatable bonds is 6. The summed E-state index contributed by atoms with van der Waals surface area (Å²) in [4.78, 5) is 11.5. The number of fused-ring (bicyclic) bond motifs is 1. The average molecular weight is 518 g/mol. The Morgan fingerprint density at radius 1 is 1.00 bits per heavy atom. The van der Waals surface area contributed by atoms with Crippen molar-refractivity contribution >= 4 is 28.7 Å². The van der Waals surface area contributed by atoms with Crippen LogP contribution in [0.5, 0.6) is 11.5 Å². The molecule has 200 valence electrons. The van der Waals surface area contributed by atoms with Gasteiger partial charge in [-0.3, -0.25) is 10.6 Å².